The summed E-state index contributed by atoms with van der Waals surface area (Å²) in [6, 6.07) is -4.50. The fourth-order valence-corrected chi connectivity index (χ4v) is 1.99. The molecule has 8 N–H and O–H groups in total. The second-order valence-corrected chi connectivity index (χ2v) is 5.60. The predicted molar refractivity (Wildman–Crippen MR) is 90.3 cm³/mol. The summed E-state index contributed by atoms with van der Waals surface area (Å²) in [5, 5.41) is 33.6. The van der Waals surface area contributed by atoms with Crippen molar-refractivity contribution in [2.24, 2.45) is 5.73 Å². The predicted octanol–water partition coefficient (Wildman–Crippen LogP) is -3.73. The minimum absolute atomic E-state index is 0.240. The van der Waals surface area contributed by atoms with Crippen molar-refractivity contribution in [3.63, 3.8) is 0 Å². The van der Waals surface area contributed by atoms with Crippen molar-refractivity contribution in [2.45, 2.75) is 37.6 Å². The van der Waals surface area contributed by atoms with E-state index in [-0.39, 0.29) is 5.75 Å². The Kier molecular flexibility index (Phi) is 10.2. The lowest BCUT2D eigenvalue weighted by Gasteiger charge is -2.25. The molecule has 4 atom stereocenters. The molecule has 26 heavy (non-hydrogen) atoms. The first-order valence-electron chi connectivity index (χ1n) is 7.37. The first kappa shape index (κ1) is 23.6. The van der Waals surface area contributed by atoms with E-state index in [1.54, 1.807) is 0 Å². The molecule has 12 nitrogen and oxygen atoms in total. The summed E-state index contributed by atoms with van der Waals surface area (Å²) in [5.41, 5.74) is 5.09. The van der Waals surface area contributed by atoms with Crippen LogP contribution in [0.1, 0.15) is 13.3 Å². The van der Waals surface area contributed by atoms with E-state index in [0.717, 1.165) is 6.92 Å². The van der Waals surface area contributed by atoms with Gasteiger partial charge < -0.3 is 37.0 Å². The molecule has 0 aliphatic heterocycles. The Labute approximate surface area is 153 Å². The maximum absolute atomic E-state index is 12.2. The van der Waals surface area contributed by atoms with Gasteiger partial charge in [0, 0.05) is 5.75 Å². The van der Waals surface area contributed by atoms with Gasteiger partial charge >= 0.3 is 11.9 Å². The average molecular weight is 394 g/mol. The molecular formula is C13H22N4O8S. The van der Waals surface area contributed by atoms with Crippen LogP contribution in [0.4, 0.5) is 0 Å². The number of nitrogens with one attached hydrogen (secondary N) is 3. The topological polar surface area (TPSA) is 208 Å². The lowest BCUT2D eigenvalue weighted by molar-refractivity contribution is -0.143. The molecule has 148 valence electrons. The number of carbonyl (C=O) groups is 5. The quantitative estimate of drug-likeness (QED) is 0.162. The number of rotatable bonds is 11. The number of aliphatic carboxylic acids is 2. The zero-order valence-corrected chi connectivity index (χ0v) is 14.7. The molecule has 3 amide bonds. The van der Waals surface area contributed by atoms with Crippen LogP contribution in [-0.4, -0.2) is 81.5 Å². The van der Waals surface area contributed by atoms with Crippen LogP contribution in [0.25, 0.3) is 0 Å². The molecule has 0 saturated carbocycles. The Morgan fingerprint density at radius 1 is 1.00 bits per heavy atom. The van der Waals surface area contributed by atoms with E-state index in [1.807, 2.05) is 0 Å². The monoisotopic (exact) mass is 394 g/mol. The van der Waals surface area contributed by atoms with E-state index in [0.29, 0.717) is 0 Å². The van der Waals surface area contributed by atoms with Gasteiger partial charge in [-0.2, -0.15) is 12.6 Å². The van der Waals surface area contributed by atoms with Crippen LogP contribution in [0.5, 0.6) is 0 Å². The van der Waals surface area contributed by atoms with E-state index in [1.165, 1.54) is 0 Å². The largest absolute Gasteiger partial charge is 0.481 e. The average Bonchev–Trinajstić information content (AvgIpc) is 2.55. The molecule has 4 unspecified atom stereocenters. The zero-order valence-electron chi connectivity index (χ0n) is 13.8. The van der Waals surface area contributed by atoms with Crippen molar-refractivity contribution in [3.05, 3.63) is 0 Å². The first-order chi connectivity index (χ1) is 12.0. The summed E-state index contributed by atoms with van der Waals surface area (Å²) >= 11 is 3.77. The normalized spacial score (nSPS) is 15.1. The minimum atomic E-state index is -1.59. The van der Waals surface area contributed by atoms with Gasteiger partial charge in [-0.25, -0.2) is 4.79 Å². The molecule has 0 bridgehead atoms. The molecule has 0 spiro atoms. The third-order valence-corrected chi connectivity index (χ3v) is 3.44. The summed E-state index contributed by atoms with van der Waals surface area (Å²) in [7, 11) is 0. The van der Waals surface area contributed by atoms with Crippen molar-refractivity contribution >= 4 is 42.3 Å². The van der Waals surface area contributed by atoms with Crippen LogP contribution in [0.3, 0.4) is 0 Å². The van der Waals surface area contributed by atoms with E-state index >= 15 is 0 Å². The van der Waals surface area contributed by atoms with E-state index in [4.69, 9.17) is 15.9 Å². The maximum Gasteiger partial charge on any atom is 0.327 e. The van der Waals surface area contributed by atoms with Gasteiger partial charge in [0.2, 0.25) is 17.7 Å². The van der Waals surface area contributed by atoms with Gasteiger partial charge in [-0.1, -0.05) is 0 Å². The highest BCUT2D eigenvalue weighted by Gasteiger charge is 2.32. The van der Waals surface area contributed by atoms with Crippen LogP contribution in [0.15, 0.2) is 0 Å². The van der Waals surface area contributed by atoms with Crippen molar-refractivity contribution in [1.29, 1.82) is 0 Å². The Balaban J connectivity index is 5.21. The number of hydrogen-bond donors (Lipinski definition) is 8. The summed E-state index contributed by atoms with van der Waals surface area (Å²) in [6.45, 7) is 0.664. The van der Waals surface area contributed by atoms with Gasteiger partial charge in [0.1, 0.15) is 18.1 Å². The third kappa shape index (κ3) is 8.13. The number of amides is 3. The van der Waals surface area contributed by atoms with Crippen LogP contribution in [-0.2, 0) is 24.0 Å². The second kappa shape index (κ2) is 11.3. The van der Waals surface area contributed by atoms with Crippen LogP contribution in [0.2, 0.25) is 0 Å². The highest BCUT2D eigenvalue weighted by atomic mass is 32.1. The molecule has 0 saturated heterocycles. The van der Waals surface area contributed by atoms with Gasteiger partial charge in [-0.05, 0) is 6.92 Å². The Bertz CT molecular complexity index is 556. The number of thiol groups is 1. The van der Waals surface area contributed by atoms with E-state index < -0.39 is 66.9 Å². The number of carbonyl (C=O) groups excluding carboxylic acids is 3. The zero-order chi connectivity index (χ0) is 20.4. The molecule has 0 fully saturated rings. The third-order valence-electron chi connectivity index (χ3n) is 3.08. The molecule has 13 heteroatoms. The lowest BCUT2D eigenvalue weighted by Crippen LogP contribution is -2.59. The Morgan fingerprint density at radius 2 is 1.58 bits per heavy atom. The van der Waals surface area contributed by atoms with Gasteiger partial charge in [0.25, 0.3) is 0 Å². The van der Waals surface area contributed by atoms with E-state index in [2.05, 4.69) is 28.6 Å². The van der Waals surface area contributed by atoms with Crippen molar-refractivity contribution in [3.8, 4) is 0 Å². The summed E-state index contributed by atoms with van der Waals surface area (Å²) in [5.74, 6) is -5.90. The smallest absolute Gasteiger partial charge is 0.327 e. The summed E-state index contributed by atoms with van der Waals surface area (Å²) in [6.07, 6.45) is -2.23. The van der Waals surface area contributed by atoms with Crippen molar-refractivity contribution in [1.82, 2.24) is 16.0 Å². The summed E-state index contributed by atoms with van der Waals surface area (Å²) < 4.78 is 0. The van der Waals surface area contributed by atoms with Gasteiger partial charge in [-0.15, -0.1) is 0 Å². The standard InChI is InChI=1S/C13H22N4O8S/c1-5(18)10(12(23)16-7(4-26)13(24)25)17-11(22)6(2-9(20)21)15-8(19)3-14/h5-7,10,18,26H,2-4,14H2,1H3,(H,15,19)(H,16,23)(H,17,22)(H,20,21)(H,24,25). The number of carboxylic acids is 2. The van der Waals surface area contributed by atoms with Crippen LogP contribution < -0.4 is 21.7 Å². The molecule has 0 aromatic rings. The number of hydrogen-bond acceptors (Lipinski definition) is 8. The number of aliphatic hydroxyl groups is 1. The molecule has 0 rings (SSSR count). The highest BCUT2D eigenvalue weighted by molar-refractivity contribution is 7.80. The Morgan fingerprint density at radius 3 is 1.96 bits per heavy atom. The van der Waals surface area contributed by atoms with Crippen molar-refractivity contribution < 1.29 is 39.3 Å². The van der Waals surface area contributed by atoms with Crippen molar-refractivity contribution in [2.75, 3.05) is 12.3 Å². The number of carboxylic acid groups (broad SMARTS) is 2. The molecule has 0 aliphatic rings. The summed E-state index contributed by atoms with van der Waals surface area (Å²) in [4.78, 5) is 57.4. The minimum Gasteiger partial charge on any atom is -0.481 e. The van der Waals surface area contributed by atoms with Crippen LogP contribution >= 0.6 is 12.6 Å². The first-order valence-corrected chi connectivity index (χ1v) is 8.00. The molecular weight excluding hydrogens is 372 g/mol. The molecule has 0 aliphatic carbocycles. The fourth-order valence-electron chi connectivity index (χ4n) is 1.74. The van der Waals surface area contributed by atoms with Gasteiger partial charge in [-0.3, -0.25) is 19.2 Å². The molecule has 0 aromatic carbocycles. The number of aliphatic hydroxyl groups excluding tert-OH is 1. The van der Waals surface area contributed by atoms with Crippen LogP contribution in [0, 0.1) is 0 Å². The lowest BCUT2D eigenvalue weighted by atomic mass is 10.1. The second-order valence-electron chi connectivity index (χ2n) is 5.23. The Hall–Kier alpha value is -2.38. The SMILES string of the molecule is CC(O)C(NC(=O)C(CC(=O)O)NC(=O)CN)C(=O)NC(CS)C(=O)O. The maximum atomic E-state index is 12.2. The fraction of sp³-hybridized carbons (Fsp3) is 0.615. The number of nitrogens with two attached hydrogens (primary N) is 1. The molecule has 0 aromatic heterocycles. The molecule has 0 heterocycles. The van der Waals surface area contributed by atoms with E-state index in [9.17, 15) is 29.1 Å². The molecule has 0 radical (unpaired) electrons. The highest BCUT2D eigenvalue weighted by Crippen LogP contribution is 2.00. The van der Waals surface area contributed by atoms with Gasteiger partial charge in [0.05, 0.1) is 19.1 Å². The van der Waals surface area contributed by atoms with Gasteiger partial charge in [0.15, 0.2) is 0 Å².